The Morgan fingerprint density at radius 2 is 1.90 bits per heavy atom. The average molecular weight is 410 g/mol. The number of carbonyl (C=O) groups is 2. The highest BCUT2D eigenvalue weighted by atomic mass is 16.5. The molecule has 0 saturated carbocycles. The van der Waals surface area contributed by atoms with Gasteiger partial charge in [-0.2, -0.15) is 0 Å². The molecule has 0 spiro atoms. The fourth-order valence-corrected chi connectivity index (χ4v) is 3.58. The lowest BCUT2D eigenvalue weighted by atomic mass is 9.87. The van der Waals surface area contributed by atoms with Crippen LogP contribution >= 0.6 is 0 Å². The Labute approximate surface area is 178 Å². The predicted molar refractivity (Wildman–Crippen MR) is 119 cm³/mol. The smallest absolute Gasteiger partial charge is 0.309 e. The van der Waals surface area contributed by atoms with E-state index in [1.54, 1.807) is 12.3 Å². The fraction of sp³-hybridized carbons (Fsp3) is 0.458. The van der Waals surface area contributed by atoms with Crippen LogP contribution in [0.5, 0.6) is 0 Å². The van der Waals surface area contributed by atoms with Gasteiger partial charge in [0, 0.05) is 25.0 Å². The summed E-state index contributed by atoms with van der Waals surface area (Å²) in [6.45, 7) is 10.2. The number of anilines is 2. The van der Waals surface area contributed by atoms with Crippen molar-refractivity contribution in [3.05, 3.63) is 53.7 Å². The van der Waals surface area contributed by atoms with Crippen molar-refractivity contribution in [2.24, 2.45) is 5.92 Å². The third kappa shape index (κ3) is 5.38. The van der Waals surface area contributed by atoms with Crippen molar-refractivity contribution < 1.29 is 14.3 Å². The minimum absolute atomic E-state index is 0.0185. The Bertz CT molecular complexity index is 879. The fourth-order valence-electron chi connectivity index (χ4n) is 3.58. The van der Waals surface area contributed by atoms with Crippen molar-refractivity contribution in [2.75, 3.05) is 29.9 Å². The van der Waals surface area contributed by atoms with Gasteiger partial charge in [0.05, 0.1) is 18.1 Å². The van der Waals surface area contributed by atoms with Crippen LogP contribution in [0.15, 0.2) is 42.6 Å². The Kier molecular flexibility index (Phi) is 6.75. The van der Waals surface area contributed by atoms with E-state index >= 15 is 0 Å². The summed E-state index contributed by atoms with van der Waals surface area (Å²) in [5.74, 6) is 0.507. The van der Waals surface area contributed by atoms with Crippen LogP contribution in [-0.4, -0.2) is 36.6 Å². The van der Waals surface area contributed by atoms with Crippen LogP contribution in [0.25, 0.3) is 0 Å². The van der Waals surface area contributed by atoms with Gasteiger partial charge < -0.3 is 15.0 Å². The van der Waals surface area contributed by atoms with Crippen LogP contribution in [0.3, 0.4) is 0 Å². The summed E-state index contributed by atoms with van der Waals surface area (Å²) >= 11 is 0. The maximum absolute atomic E-state index is 12.6. The van der Waals surface area contributed by atoms with E-state index < -0.39 is 0 Å². The van der Waals surface area contributed by atoms with Crippen LogP contribution in [0.4, 0.5) is 11.5 Å². The van der Waals surface area contributed by atoms with Crippen molar-refractivity contribution in [3.63, 3.8) is 0 Å². The van der Waals surface area contributed by atoms with Gasteiger partial charge in [-0.1, -0.05) is 32.9 Å². The summed E-state index contributed by atoms with van der Waals surface area (Å²) in [6.07, 6.45) is 3.12. The number of nitrogens with zero attached hydrogens (tertiary/aromatic N) is 2. The Balaban J connectivity index is 1.59. The van der Waals surface area contributed by atoms with Crippen LogP contribution in [0, 0.1) is 5.92 Å². The molecule has 1 saturated heterocycles. The Morgan fingerprint density at radius 3 is 2.50 bits per heavy atom. The number of carbonyl (C=O) groups excluding carboxylic acids is 2. The molecule has 1 fully saturated rings. The number of aromatic nitrogens is 1. The minimum Gasteiger partial charge on any atom is -0.466 e. The SMILES string of the molecule is CCOC(=O)C1CCN(c2ccc(C(=O)Nc3cccc(C(C)(C)C)c3)cn2)CC1. The van der Waals surface area contributed by atoms with Gasteiger partial charge in [-0.3, -0.25) is 9.59 Å². The quantitative estimate of drug-likeness (QED) is 0.741. The Hall–Kier alpha value is -2.89. The first-order chi connectivity index (χ1) is 14.3. The minimum atomic E-state index is -0.180. The maximum Gasteiger partial charge on any atom is 0.309 e. The number of hydrogen-bond donors (Lipinski definition) is 1. The van der Waals surface area contributed by atoms with Gasteiger partial charge in [-0.05, 0) is 55.0 Å². The predicted octanol–water partition coefficient (Wildman–Crippen LogP) is 4.41. The summed E-state index contributed by atoms with van der Waals surface area (Å²) in [7, 11) is 0. The summed E-state index contributed by atoms with van der Waals surface area (Å²) < 4.78 is 5.12. The number of amides is 1. The number of benzene rings is 1. The van der Waals surface area contributed by atoms with Crippen molar-refractivity contribution in [1.29, 1.82) is 0 Å². The molecule has 0 bridgehead atoms. The monoisotopic (exact) mass is 409 g/mol. The highest BCUT2D eigenvalue weighted by molar-refractivity contribution is 6.04. The molecule has 160 valence electrons. The zero-order valence-corrected chi connectivity index (χ0v) is 18.3. The Morgan fingerprint density at radius 1 is 1.17 bits per heavy atom. The largest absolute Gasteiger partial charge is 0.466 e. The van der Waals surface area contributed by atoms with E-state index in [4.69, 9.17) is 4.74 Å². The van der Waals surface area contributed by atoms with E-state index in [1.807, 2.05) is 31.2 Å². The van der Waals surface area contributed by atoms with Gasteiger partial charge in [0.1, 0.15) is 5.82 Å². The number of piperidine rings is 1. The van der Waals surface area contributed by atoms with Crippen molar-refractivity contribution in [2.45, 2.75) is 46.0 Å². The first-order valence-electron chi connectivity index (χ1n) is 10.6. The number of pyridine rings is 1. The zero-order chi connectivity index (χ0) is 21.7. The lowest BCUT2D eigenvalue weighted by Crippen LogP contribution is -2.37. The van der Waals surface area contributed by atoms with E-state index in [0.717, 1.165) is 37.4 Å². The topological polar surface area (TPSA) is 71.5 Å². The molecule has 0 aliphatic carbocycles. The molecule has 1 aromatic heterocycles. The van der Waals surface area contributed by atoms with Gasteiger partial charge >= 0.3 is 5.97 Å². The van der Waals surface area contributed by atoms with Gasteiger partial charge in [0.25, 0.3) is 5.91 Å². The second-order valence-electron chi connectivity index (χ2n) is 8.70. The van der Waals surface area contributed by atoms with Gasteiger partial charge in [0.15, 0.2) is 0 Å². The first-order valence-corrected chi connectivity index (χ1v) is 10.6. The van der Waals surface area contributed by atoms with Gasteiger partial charge in [-0.15, -0.1) is 0 Å². The molecule has 0 radical (unpaired) electrons. The highest BCUT2D eigenvalue weighted by Gasteiger charge is 2.26. The van der Waals surface area contributed by atoms with Crippen molar-refractivity contribution >= 4 is 23.4 Å². The van der Waals surface area contributed by atoms with Gasteiger partial charge in [0.2, 0.25) is 0 Å². The molecule has 0 atom stereocenters. The molecule has 2 aromatic rings. The molecule has 30 heavy (non-hydrogen) atoms. The molecule has 1 aliphatic heterocycles. The molecular weight excluding hydrogens is 378 g/mol. The molecule has 1 aromatic carbocycles. The molecular formula is C24H31N3O3. The number of ether oxygens (including phenoxy) is 1. The standard InChI is InChI=1S/C24H31N3O3/c1-5-30-23(29)17-11-13-27(14-12-17)21-10-9-18(16-25-21)22(28)26-20-8-6-7-19(15-20)24(2,3)4/h6-10,15-17H,5,11-14H2,1-4H3,(H,26,28). The molecule has 3 rings (SSSR count). The van der Waals surface area contributed by atoms with Crippen molar-refractivity contribution in [1.82, 2.24) is 4.98 Å². The summed E-state index contributed by atoms with van der Waals surface area (Å²) in [5.41, 5.74) is 2.48. The third-order valence-electron chi connectivity index (χ3n) is 5.44. The second-order valence-corrected chi connectivity index (χ2v) is 8.70. The van der Waals surface area contributed by atoms with Crippen molar-refractivity contribution in [3.8, 4) is 0 Å². The van der Waals surface area contributed by atoms with E-state index in [0.29, 0.717) is 12.2 Å². The van der Waals surface area contributed by atoms with E-state index in [2.05, 4.69) is 42.0 Å². The molecule has 1 N–H and O–H groups in total. The van der Waals surface area contributed by atoms with Gasteiger partial charge in [-0.25, -0.2) is 4.98 Å². The second kappa shape index (κ2) is 9.28. The normalized spacial score (nSPS) is 15.0. The summed E-state index contributed by atoms with van der Waals surface area (Å²) in [6, 6.07) is 11.6. The number of esters is 1. The molecule has 1 aliphatic rings. The molecule has 6 nitrogen and oxygen atoms in total. The van der Waals surface area contributed by atoms with E-state index in [9.17, 15) is 9.59 Å². The average Bonchev–Trinajstić information content (AvgIpc) is 2.74. The first kappa shape index (κ1) is 21.8. The third-order valence-corrected chi connectivity index (χ3v) is 5.44. The van der Waals surface area contributed by atoms with E-state index in [-0.39, 0.29) is 23.2 Å². The van der Waals surface area contributed by atoms with Crippen LogP contribution < -0.4 is 10.2 Å². The number of nitrogens with one attached hydrogen (secondary N) is 1. The highest BCUT2D eigenvalue weighted by Crippen LogP contribution is 2.25. The molecule has 0 unspecified atom stereocenters. The lowest BCUT2D eigenvalue weighted by molar-refractivity contribution is -0.148. The number of hydrogen-bond acceptors (Lipinski definition) is 5. The lowest BCUT2D eigenvalue weighted by Gasteiger charge is -2.31. The maximum atomic E-state index is 12.6. The van der Waals surface area contributed by atoms with E-state index in [1.165, 1.54) is 5.56 Å². The summed E-state index contributed by atoms with van der Waals surface area (Å²) in [5, 5.41) is 2.96. The van der Waals surface area contributed by atoms with Crippen LogP contribution in [0.1, 0.15) is 56.5 Å². The number of rotatable bonds is 5. The molecule has 2 heterocycles. The summed E-state index contributed by atoms with van der Waals surface area (Å²) in [4.78, 5) is 31.1. The molecule has 6 heteroatoms. The molecule has 1 amide bonds. The van der Waals surface area contributed by atoms with Crippen LogP contribution in [0.2, 0.25) is 0 Å². The zero-order valence-electron chi connectivity index (χ0n) is 18.3. The van der Waals surface area contributed by atoms with Crippen LogP contribution in [-0.2, 0) is 14.9 Å².